The van der Waals surface area contributed by atoms with Crippen LogP contribution in [0.15, 0.2) is 0 Å². The van der Waals surface area contributed by atoms with Gasteiger partial charge in [-0.2, -0.15) is 0 Å². The van der Waals surface area contributed by atoms with E-state index in [1.807, 2.05) is 0 Å². The van der Waals surface area contributed by atoms with Crippen LogP contribution in [0, 0.1) is 0 Å². The second-order valence-electron chi connectivity index (χ2n) is 8.58. The fourth-order valence-electron chi connectivity index (χ4n) is 4.02. The number of carbonyl (C=O) groups excluding carboxylic acids is 6. The molecule has 2 fully saturated rings. The number of hydrogen-bond donors (Lipinski definition) is 0. The van der Waals surface area contributed by atoms with Crippen molar-refractivity contribution in [3.63, 3.8) is 0 Å². The number of rotatable bonds is 9. The van der Waals surface area contributed by atoms with E-state index in [4.69, 9.17) is 54.2 Å². The third-order valence-electron chi connectivity index (χ3n) is 5.21. The maximum atomic E-state index is 11.9. The van der Waals surface area contributed by atoms with Crippen molar-refractivity contribution in [2.24, 2.45) is 0 Å². The first-order valence-corrected chi connectivity index (χ1v) is 12.2. The van der Waals surface area contributed by atoms with E-state index < -0.39 is 97.0 Å². The zero-order valence-electron chi connectivity index (χ0n) is 22.1. The van der Waals surface area contributed by atoms with Gasteiger partial charge in [-0.25, -0.2) is 0 Å². The Balaban J connectivity index is 2.32. The van der Waals surface area contributed by atoms with E-state index in [0.717, 1.165) is 41.5 Å². The predicted molar refractivity (Wildman–Crippen MR) is 124 cm³/mol. The van der Waals surface area contributed by atoms with E-state index in [1.165, 1.54) is 0 Å². The van der Waals surface area contributed by atoms with Crippen molar-refractivity contribution in [1.29, 1.82) is 0 Å². The van der Waals surface area contributed by atoms with Gasteiger partial charge < -0.3 is 42.6 Å². The Hall–Kier alpha value is -3.01. The van der Waals surface area contributed by atoms with Crippen molar-refractivity contribution in [2.75, 3.05) is 13.2 Å². The minimum Gasteiger partial charge on any atom is -0.456 e. The predicted octanol–water partition coefficient (Wildman–Crippen LogP) is -0.0868. The molecule has 2 aliphatic rings. The first-order valence-electron chi connectivity index (χ1n) is 11.8. The second kappa shape index (κ2) is 14.4. The molecular formula is C23H31ClO15. The molecule has 0 aromatic carbocycles. The summed E-state index contributed by atoms with van der Waals surface area (Å²) in [5.41, 5.74) is -1.36. The Kier molecular flexibility index (Phi) is 11.9. The number of hydrogen-bond acceptors (Lipinski definition) is 15. The first kappa shape index (κ1) is 32.2. The highest BCUT2D eigenvalue weighted by molar-refractivity contribution is 6.20. The molecular weight excluding hydrogens is 552 g/mol. The molecule has 220 valence electrons. The molecule has 0 bridgehead atoms. The largest absolute Gasteiger partial charge is 0.456 e. The minimum absolute atomic E-state index is 0.304. The third kappa shape index (κ3) is 9.60. The van der Waals surface area contributed by atoms with Gasteiger partial charge in [0.15, 0.2) is 48.5 Å². The monoisotopic (exact) mass is 582 g/mol. The molecule has 0 amide bonds. The molecule has 9 atom stereocenters. The van der Waals surface area contributed by atoms with E-state index in [0.29, 0.717) is 0 Å². The lowest BCUT2D eigenvalue weighted by Gasteiger charge is -2.44. The van der Waals surface area contributed by atoms with Gasteiger partial charge in [0, 0.05) is 41.5 Å². The molecule has 0 aromatic rings. The van der Waals surface area contributed by atoms with Crippen molar-refractivity contribution < 1.29 is 71.4 Å². The molecule has 0 aromatic heterocycles. The van der Waals surface area contributed by atoms with Crippen LogP contribution in [0.25, 0.3) is 0 Å². The summed E-state index contributed by atoms with van der Waals surface area (Å²) in [6.45, 7) is 5.86. The average Bonchev–Trinajstić information content (AvgIpc) is 2.78. The number of alkyl halides is 1. The fourth-order valence-corrected chi connectivity index (χ4v) is 4.34. The van der Waals surface area contributed by atoms with Crippen LogP contribution in [0.2, 0.25) is 0 Å². The SMILES string of the molecule is CC(=O)O[C@@H]1[C@@H](OC(C)=O)[C@H](OC[C@H]2OC(Cl)[C@H](OC(C)=O)[C@@H](OC(C)=O)[C@@H]2OC(C)=O)OC[C@H]1OC(C)=O. The normalized spacial score (nSPS) is 32.2. The summed E-state index contributed by atoms with van der Waals surface area (Å²) < 4.78 is 48.5. The number of ether oxygens (including phenoxy) is 9. The molecule has 16 heteroatoms. The molecule has 0 spiro atoms. The summed E-state index contributed by atoms with van der Waals surface area (Å²) in [6.07, 6.45) is -10.5. The molecule has 15 nitrogen and oxygen atoms in total. The summed E-state index contributed by atoms with van der Waals surface area (Å²) in [7, 11) is 0. The average molecular weight is 583 g/mol. The number of halogens is 1. The highest BCUT2D eigenvalue weighted by Gasteiger charge is 2.53. The Morgan fingerprint density at radius 1 is 0.615 bits per heavy atom. The highest BCUT2D eigenvalue weighted by atomic mass is 35.5. The zero-order chi connectivity index (χ0) is 29.4. The first-order chi connectivity index (χ1) is 18.2. The molecule has 0 aliphatic carbocycles. The molecule has 2 saturated heterocycles. The van der Waals surface area contributed by atoms with E-state index in [-0.39, 0.29) is 6.61 Å². The second-order valence-corrected chi connectivity index (χ2v) is 9.01. The number of carbonyl (C=O) groups is 6. The topological polar surface area (TPSA) is 185 Å². The van der Waals surface area contributed by atoms with Crippen molar-refractivity contribution in [3.05, 3.63) is 0 Å². The maximum Gasteiger partial charge on any atom is 0.303 e. The lowest BCUT2D eigenvalue weighted by atomic mass is 9.99. The van der Waals surface area contributed by atoms with Gasteiger partial charge in [0.2, 0.25) is 0 Å². The lowest BCUT2D eigenvalue weighted by Crippen LogP contribution is -2.62. The van der Waals surface area contributed by atoms with Crippen LogP contribution in [-0.2, 0) is 71.4 Å². The Morgan fingerprint density at radius 2 is 1.05 bits per heavy atom. The van der Waals surface area contributed by atoms with Crippen molar-refractivity contribution >= 4 is 47.4 Å². The molecule has 0 radical (unpaired) electrons. The highest BCUT2D eigenvalue weighted by Crippen LogP contribution is 2.32. The summed E-state index contributed by atoms with van der Waals surface area (Å²) in [5, 5.41) is 0. The van der Waals surface area contributed by atoms with Gasteiger partial charge in [-0.1, -0.05) is 11.6 Å². The molecule has 2 aliphatic heterocycles. The lowest BCUT2D eigenvalue weighted by molar-refractivity contribution is -0.295. The Morgan fingerprint density at radius 3 is 1.56 bits per heavy atom. The van der Waals surface area contributed by atoms with Crippen molar-refractivity contribution in [3.8, 4) is 0 Å². The van der Waals surface area contributed by atoms with Gasteiger partial charge in [0.05, 0.1) is 13.2 Å². The molecule has 2 heterocycles. The Labute approximate surface area is 228 Å². The number of esters is 6. The van der Waals surface area contributed by atoms with Crippen LogP contribution < -0.4 is 0 Å². The van der Waals surface area contributed by atoms with Crippen LogP contribution in [0.5, 0.6) is 0 Å². The minimum atomic E-state index is -1.40. The van der Waals surface area contributed by atoms with Gasteiger partial charge in [0.1, 0.15) is 6.10 Å². The van der Waals surface area contributed by atoms with Gasteiger partial charge in [-0.3, -0.25) is 28.8 Å². The summed E-state index contributed by atoms with van der Waals surface area (Å²) in [6, 6.07) is 0. The molecule has 0 saturated carbocycles. The van der Waals surface area contributed by atoms with E-state index in [2.05, 4.69) is 0 Å². The van der Waals surface area contributed by atoms with Crippen LogP contribution in [0.4, 0.5) is 0 Å². The quantitative estimate of drug-likeness (QED) is 0.199. The maximum absolute atomic E-state index is 11.9. The smallest absolute Gasteiger partial charge is 0.303 e. The summed E-state index contributed by atoms with van der Waals surface area (Å²) in [4.78, 5) is 70.4. The van der Waals surface area contributed by atoms with Gasteiger partial charge in [-0.05, 0) is 0 Å². The van der Waals surface area contributed by atoms with E-state index in [1.54, 1.807) is 0 Å². The standard InChI is InChI=1S/C23H31ClO15/c1-9(25)33-15-7-31-23(21(38-14(6)30)18(15)35-11(3)27)32-8-16-17(34-10(2)26)19(36-12(4)28)20(22(24)39-16)37-13(5)29/h15-23H,7-8H2,1-6H3/t15-,16-,17-,18+,19+,20-,21-,22?,23+/m1/s1. The fraction of sp³-hybridized carbons (Fsp3) is 0.739. The zero-order valence-corrected chi connectivity index (χ0v) is 22.9. The van der Waals surface area contributed by atoms with Crippen LogP contribution in [0.1, 0.15) is 41.5 Å². The van der Waals surface area contributed by atoms with Crippen LogP contribution in [0.3, 0.4) is 0 Å². The van der Waals surface area contributed by atoms with Crippen LogP contribution >= 0.6 is 11.6 Å². The Bertz CT molecular complexity index is 938. The molecule has 39 heavy (non-hydrogen) atoms. The molecule has 2 rings (SSSR count). The van der Waals surface area contributed by atoms with E-state index in [9.17, 15) is 28.8 Å². The van der Waals surface area contributed by atoms with Crippen LogP contribution in [-0.4, -0.2) is 104 Å². The van der Waals surface area contributed by atoms with Gasteiger partial charge in [-0.15, -0.1) is 0 Å². The van der Waals surface area contributed by atoms with Gasteiger partial charge in [0.25, 0.3) is 0 Å². The van der Waals surface area contributed by atoms with E-state index >= 15 is 0 Å². The summed E-state index contributed by atoms with van der Waals surface area (Å²) in [5.74, 6) is -4.58. The molecule has 0 N–H and O–H groups in total. The van der Waals surface area contributed by atoms with Crippen molar-refractivity contribution in [1.82, 2.24) is 0 Å². The van der Waals surface area contributed by atoms with Crippen molar-refractivity contribution in [2.45, 2.75) is 96.1 Å². The van der Waals surface area contributed by atoms with Gasteiger partial charge >= 0.3 is 35.8 Å². The molecule has 1 unspecified atom stereocenters. The third-order valence-corrected chi connectivity index (χ3v) is 5.56. The summed E-state index contributed by atoms with van der Waals surface area (Å²) >= 11 is 6.28.